The Morgan fingerprint density at radius 3 is 2.16 bits per heavy atom. The summed E-state index contributed by atoms with van der Waals surface area (Å²) in [5, 5.41) is 11.4. The van der Waals surface area contributed by atoms with Gasteiger partial charge in [-0.15, -0.1) is 0 Å². The molecule has 2 aliphatic heterocycles. The highest BCUT2D eigenvalue weighted by molar-refractivity contribution is 6.15. The second kappa shape index (κ2) is 10.6. The number of carbonyl (C=O) groups is 3. The average molecular weight is 581 g/mol. The van der Waals surface area contributed by atoms with E-state index >= 15 is 0 Å². The van der Waals surface area contributed by atoms with Crippen molar-refractivity contribution in [2.24, 2.45) is 5.41 Å². The molecule has 1 saturated carbocycles. The van der Waals surface area contributed by atoms with Gasteiger partial charge >= 0.3 is 11.9 Å². The van der Waals surface area contributed by atoms with Crippen molar-refractivity contribution in [1.29, 1.82) is 0 Å². The van der Waals surface area contributed by atoms with Gasteiger partial charge in [0, 0.05) is 30.2 Å². The second-order valence-electron chi connectivity index (χ2n) is 11.2. The Kier molecular flexibility index (Phi) is 7.01. The van der Waals surface area contributed by atoms with Gasteiger partial charge in [0.1, 0.15) is 5.54 Å². The Morgan fingerprint density at radius 1 is 0.953 bits per heavy atom. The third-order valence-electron chi connectivity index (χ3n) is 9.15. The van der Waals surface area contributed by atoms with Gasteiger partial charge in [-0.25, -0.2) is 0 Å². The Hall–Kier alpha value is -4.63. The highest BCUT2D eigenvalue weighted by Gasteiger charge is 2.72. The van der Waals surface area contributed by atoms with Crippen LogP contribution in [0.4, 0.5) is 5.69 Å². The Bertz CT molecular complexity index is 1650. The molecule has 0 N–H and O–H groups in total. The van der Waals surface area contributed by atoms with Crippen molar-refractivity contribution in [3.8, 4) is 0 Å². The zero-order valence-corrected chi connectivity index (χ0v) is 24.2. The van der Waals surface area contributed by atoms with Gasteiger partial charge in [0.2, 0.25) is 0 Å². The molecule has 220 valence electrons. The molecular weight excluding hydrogens is 548 g/mol. The number of nitrogens with zero attached hydrogens (tertiary/aromatic N) is 2. The molecule has 1 aliphatic carbocycles. The van der Waals surface area contributed by atoms with Gasteiger partial charge in [-0.2, -0.15) is 0 Å². The minimum Gasteiger partial charge on any atom is -0.465 e. The summed E-state index contributed by atoms with van der Waals surface area (Å²) in [4.78, 5) is 55.5. The van der Waals surface area contributed by atoms with Crippen LogP contribution < -0.4 is 0 Å². The Labute approximate surface area is 249 Å². The molecule has 1 fully saturated rings. The van der Waals surface area contributed by atoms with Crippen molar-refractivity contribution in [2.45, 2.75) is 51.2 Å². The van der Waals surface area contributed by atoms with Crippen molar-refractivity contribution in [3.05, 3.63) is 117 Å². The van der Waals surface area contributed by atoms with Crippen LogP contribution in [0.2, 0.25) is 0 Å². The third kappa shape index (κ3) is 4.06. The van der Waals surface area contributed by atoms with E-state index in [0.717, 1.165) is 22.3 Å². The summed E-state index contributed by atoms with van der Waals surface area (Å²) in [5.74, 6) is -1.60. The molecule has 0 aromatic heterocycles. The minimum atomic E-state index is -1.72. The van der Waals surface area contributed by atoms with Gasteiger partial charge in [0.05, 0.1) is 24.2 Å². The molecular formula is C34H32N2O7. The van der Waals surface area contributed by atoms with E-state index in [4.69, 9.17) is 9.47 Å². The molecule has 9 heteroatoms. The van der Waals surface area contributed by atoms with Crippen molar-refractivity contribution >= 4 is 29.0 Å². The molecule has 2 bridgehead atoms. The largest absolute Gasteiger partial charge is 0.465 e. The molecule has 0 saturated heterocycles. The summed E-state index contributed by atoms with van der Waals surface area (Å²) in [7, 11) is 0. The van der Waals surface area contributed by atoms with Crippen LogP contribution in [0.25, 0.3) is 5.57 Å². The maximum absolute atomic E-state index is 14.9. The lowest BCUT2D eigenvalue weighted by atomic mass is 9.75. The normalized spacial score (nSPS) is 22.5. The number of Topliss-reactive ketones (excluding diaryl/α,β-unsaturated/α-hetero) is 1. The molecule has 0 radical (unpaired) electrons. The molecule has 3 atom stereocenters. The molecule has 0 unspecified atom stereocenters. The van der Waals surface area contributed by atoms with Crippen LogP contribution in [0.15, 0.2) is 84.4 Å². The molecule has 2 heterocycles. The minimum absolute atomic E-state index is 0.0192. The maximum Gasteiger partial charge on any atom is 0.323 e. The smallest absolute Gasteiger partial charge is 0.323 e. The lowest BCUT2D eigenvalue weighted by molar-refractivity contribution is -0.384. The molecule has 3 aromatic rings. The average Bonchev–Trinajstić information content (AvgIpc) is 3.49. The number of hydrogen-bond donors (Lipinski definition) is 0. The number of non-ortho nitro benzene ring substituents is 1. The summed E-state index contributed by atoms with van der Waals surface area (Å²) in [6.45, 7) is 5.46. The summed E-state index contributed by atoms with van der Waals surface area (Å²) < 4.78 is 11.0. The number of fused-ring (bicyclic) bond motifs is 3. The molecule has 0 amide bonds. The number of benzene rings is 3. The van der Waals surface area contributed by atoms with Crippen molar-refractivity contribution in [1.82, 2.24) is 4.90 Å². The van der Waals surface area contributed by atoms with Crippen LogP contribution in [-0.4, -0.2) is 46.3 Å². The first kappa shape index (κ1) is 28.5. The number of hydrogen-bond acceptors (Lipinski definition) is 8. The number of nitro benzene ring substituents is 1. The summed E-state index contributed by atoms with van der Waals surface area (Å²) >= 11 is 0. The van der Waals surface area contributed by atoms with E-state index in [1.807, 2.05) is 55.5 Å². The number of ketones is 1. The molecule has 6 rings (SSSR count). The third-order valence-corrected chi connectivity index (χ3v) is 9.15. The Balaban J connectivity index is 1.64. The van der Waals surface area contributed by atoms with Gasteiger partial charge in [-0.3, -0.25) is 29.4 Å². The lowest BCUT2D eigenvalue weighted by Crippen LogP contribution is -2.57. The van der Waals surface area contributed by atoms with E-state index in [2.05, 4.69) is 4.90 Å². The number of rotatable bonds is 8. The standard InChI is InChI=1S/C34H32N2O7/c1-4-42-31(38)33(32(39)43-5-2)19-27-28(23-11-7-6-8-12-23)29-25-13-9-10-14-26(25)30(37)34(27,20-33)35(29)21(3)22-15-17-24(18-16-22)36(40)41/h6-18,21,29H,4-5,19-20H2,1-3H3/t21-,29-,34-/m1/s1. The number of ether oxygens (including phenoxy) is 2. The van der Waals surface area contributed by atoms with E-state index in [-0.39, 0.29) is 43.6 Å². The van der Waals surface area contributed by atoms with Crippen LogP contribution in [0.5, 0.6) is 0 Å². The summed E-state index contributed by atoms with van der Waals surface area (Å²) in [6.07, 6.45) is -0.154. The number of esters is 2. The molecule has 3 aromatic carbocycles. The highest BCUT2D eigenvalue weighted by Crippen LogP contribution is 2.67. The Morgan fingerprint density at radius 2 is 1.56 bits per heavy atom. The fourth-order valence-electron chi connectivity index (χ4n) is 7.40. The van der Waals surface area contributed by atoms with Crippen LogP contribution in [0, 0.1) is 15.5 Å². The van der Waals surface area contributed by atoms with Crippen molar-refractivity contribution in [2.75, 3.05) is 13.2 Å². The fraction of sp³-hybridized carbons (Fsp3) is 0.324. The summed E-state index contributed by atoms with van der Waals surface area (Å²) in [6, 6.07) is 22.7. The van der Waals surface area contributed by atoms with E-state index < -0.39 is 33.9 Å². The first-order chi connectivity index (χ1) is 20.7. The van der Waals surface area contributed by atoms with Gasteiger partial charge < -0.3 is 9.47 Å². The number of nitro groups is 1. The maximum atomic E-state index is 14.9. The monoisotopic (exact) mass is 580 g/mol. The first-order valence-corrected chi connectivity index (χ1v) is 14.5. The van der Waals surface area contributed by atoms with Gasteiger partial charge in [0.15, 0.2) is 11.2 Å². The zero-order chi connectivity index (χ0) is 30.5. The zero-order valence-electron chi connectivity index (χ0n) is 24.2. The first-order valence-electron chi connectivity index (χ1n) is 14.5. The van der Waals surface area contributed by atoms with Crippen LogP contribution in [0.3, 0.4) is 0 Å². The predicted molar refractivity (Wildman–Crippen MR) is 158 cm³/mol. The van der Waals surface area contributed by atoms with Crippen molar-refractivity contribution < 1.29 is 28.8 Å². The van der Waals surface area contributed by atoms with Crippen LogP contribution in [0.1, 0.15) is 72.7 Å². The number of carbonyl (C=O) groups excluding carboxylic acids is 3. The van der Waals surface area contributed by atoms with Crippen LogP contribution >= 0.6 is 0 Å². The van der Waals surface area contributed by atoms with E-state index in [1.54, 1.807) is 32.0 Å². The summed E-state index contributed by atoms with van der Waals surface area (Å²) in [5.41, 5.74) is 1.51. The van der Waals surface area contributed by atoms with Gasteiger partial charge in [-0.05, 0) is 55.0 Å². The molecule has 1 spiro atoms. The van der Waals surface area contributed by atoms with Gasteiger partial charge in [-0.1, -0.05) is 66.7 Å². The SMILES string of the molecule is CCOC(=O)C1(C(=O)OCC)CC2=C(c3ccccc3)[C@H]3c4ccccc4C(=O)[C@]2(C1)N3[C@H](C)c1ccc([N+](=O)[O-])cc1. The topological polar surface area (TPSA) is 116 Å². The highest BCUT2D eigenvalue weighted by atomic mass is 16.6. The molecule has 3 aliphatic rings. The quantitative estimate of drug-likeness (QED) is 0.138. The molecule has 43 heavy (non-hydrogen) atoms. The predicted octanol–water partition coefficient (Wildman–Crippen LogP) is 6.01. The van der Waals surface area contributed by atoms with E-state index in [9.17, 15) is 24.5 Å². The van der Waals surface area contributed by atoms with E-state index in [1.165, 1.54) is 12.1 Å². The van der Waals surface area contributed by atoms with Crippen molar-refractivity contribution in [3.63, 3.8) is 0 Å². The fourth-order valence-corrected chi connectivity index (χ4v) is 7.40. The lowest BCUT2D eigenvalue weighted by Gasteiger charge is -2.48. The van der Waals surface area contributed by atoms with Gasteiger partial charge in [0.25, 0.3) is 5.69 Å². The molecule has 9 nitrogen and oxygen atoms in total. The van der Waals surface area contributed by atoms with Crippen LogP contribution in [-0.2, 0) is 19.1 Å². The second-order valence-corrected chi connectivity index (χ2v) is 11.2. The van der Waals surface area contributed by atoms with E-state index in [0.29, 0.717) is 11.1 Å².